The average molecular weight is 311 g/mol. The molecule has 2 N–H and O–H groups in total. The fourth-order valence-electron chi connectivity index (χ4n) is 2.29. The predicted octanol–water partition coefficient (Wildman–Crippen LogP) is 1.00. The van der Waals surface area contributed by atoms with Gasteiger partial charge in [-0.2, -0.15) is 0 Å². The molecular weight excluding hydrogens is 292 g/mol. The molecule has 1 heterocycles. The molecule has 1 saturated heterocycles. The van der Waals surface area contributed by atoms with Crippen molar-refractivity contribution in [2.75, 3.05) is 20.6 Å². The lowest BCUT2D eigenvalue weighted by molar-refractivity contribution is -0.123. The Kier molecular flexibility index (Phi) is 4.75. The zero-order valence-electron chi connectivity index (χ0n) is 12.5. The lowest BCUT2D eigenvalue weighted by Crippen LogP contribution is -2.40. The third-order valence-corrected chi connectivity index (χ3v) is 3.47. The highest BCUT2D eigenvalue weighted by Gasteiger charge is 2.42. The van der Waals surface area contributed by atoms with Crippen LogP contribution in [0.15, 0.2) is 24.3 Å². The average Bonchev–Trinajstić information content (AvgIpc) is 2.84. The quantitative estimate of drug-likeness (QED) is 0.872. The standard InChI is InChI=1S/C15H19F2N3O2/c1-20(2)14(22)11-5-3-4-10(6-11)8-18-13(21)12-7-15(16,17)9-19-12/h3-6,12,19H,7-9H2,1-2H3,(H,18,21). The molecule has 2 amide bonds. The van der Waals surface area contributed by atoms with Gasteiger partial charge in [-0.1, -0.05) is 12.1 Å². The van der Waals surface area contributed by atoms with E-state index >= 15 is 0 Å². The molecule has 0 aliphatic carbocycles. The highest BCUT2D eigenvalue weighted by atomic mass is 19.3. The largest absolute Gasteiger partial charge is 0.351 e. The number of hydrogen-bond donors (Lipinski definition) is 2. The first-order chi connectivity index (χ1) is 10.3. The molecule has 0 bridgehead atoms. The Bertz CT molecular complexity index is 576. The Balaban J connectivity index is 1.93. The van der Waals surface area contributed by atoms with Gasteiger partial charge in [0.1, 0.15) is 0 Å². The first-order valence-corrected chi connectivity index (χ1v) is 6.98. The molecule has 22 heavy (non-hydrogen) atoms. The van der Waals surface area contributed by atoms with Crippen molar-refractivity contribution in [1.82, 2.24) is 15.5 Å². The summed E-state index contributed by atoms with van der Waals surface area (Å²) in [5.41, 5.74) is 1.26. The number of nitrogens with one attached hydrogen (secondary N) is 2. The third-order valence-electron chi connectivity index (χ3n) is 3.47. The lowest BCUT2D eigenvalue weighted by Gasteiger charge is -2.13. The number of alkyl halides is 2. The Morgan fingerprint density at radius 3 is 2.73 bits per heavy atom. The Labute approximate surface area is 127 Å². The van der Waals surface area contributed by atoms with Gasteiger partial charge in [0.2, 0.25) is 5.91 Å². The van der Waals surface area contributed by atoms with Gasteiger partial charge in [0.15, 0.2) is 0 Å². The highest BCUT2D eigenvalue weighted by Crippen LogP contribution is 2.25. The highest BCUT2D eigenvalue weighted by molar-refractivity contribution is 5.94. The van der Waals surface area contributed by atoms with E-state index in [1.807, 2.05) is 0 Å². The number of rotatable bonds is 4. The van der Waals surface area contributed by atoms with E-state index in [9.17, 15) is 18.4 Å². The van der Waals surface area contributed by atoms with E-state index in [4.69, 9.17) is 0 Å². The maximum atomic E-state index is 13.1. The minimum Gasteiger partial charge on any atom is -0.351 e. The Morgan fingerprint density at radius 2 is 2.14 bits per heavy atom. The van der Waals surface area contributed by atoms with Gasteiger partial charge >= 0.3 is 0 Å². The van der Waals surface area contributed by atoms with Gasteiger partial charge in [-0.3, -0.25) is 14.9 Å². The molecule has 1 atom stereocenters. The summed E-state index contributed by atoms with van der Waals surface area (Å²) in [5, 5.41) is 5.12. The van der Waals surface area contributed by atoms with Crippen molar-refractivity contribution >= 4 is 11.8 Å². The van der Waals surface area contributed by atoms with Crippen molar-refractivity contribution in [3.8, 4) is 0 Å². The van der Waals surface area contributed by atoms with Gasteiger partial charge in [0.05, 0.1) is 12.6 Å². The van der Waals surface area contributed by atoms with Crippen LogP contribution in [0.4, 0.5) is 8.78 Å². The molecule has 5 nitrogen and oxygen atoms in total. The van der Waals surface area contributed by atoms with E-state index in [0.717, 1.165) is 5.56 Å². The number of carbonyl (C=O) groups excluding carboxylic acids is 2. The first kappa shape index (κ1) is 16.4. The summed E-state index contributed by atoms with van der Waals surface area (Å²) in [6, 6.07) is 5.98. The molecule has 1 aliphatic heterocycles. The van der Waals surface area contributed by atoms with Crippen LogP contribution in [0.25, 0.3) is 0 Å². The van der Waals surface area contributed by atoms with Gasteiger partial charge in [0, 0.05) is 32.6 Å². The van der Waals surface area contributed by atoms with Crippen LogP contribution >= 0.6 is 0 Å². The molecule has 1 aromatic rings. The van der Waals surface area contributed by atoms with Gasteiger partial charge in [-0.05, 0) is 17.7 Å². The number of amides is 2. The number of nitrogens with zero attached hydrogens (tertiary/aromatic N) is 1. The number of carbonyl (C=O) groups is 2. The summed E-state index contributed by atoms with van der Waals surface area (Å²) < 4.78 is 26.1. The Morgan fingerprint density at radius 1 is 1.41 bits per heavy atom. The van der Waals surface area contributed by atoms with Crippen LogP contribution in [-0.4, -0.2) is 49.3 Å². The van der Waals surface area contributed by atoms with Crippen LogP contribution in [0.3, 0.4) is 0 Å². The van der Waals surface area contributed by atoms with E-state index in [-0.39, 0.29) is 12.5 Å². The van der Waals surface area contributed by atoms with E-state index in [2.05, 4.69) is 10.6 Å². The van der Waals surface area contributed by atoms with Crippen LogP contribution in [0.1, 0.15) is 22.3 Å². The monoisotopic (exact) mass is 311 g/mol. The van der Waals surface area contributed by atoms with Crippen molar-refractivity contribution in [2.24, 2.45) is 0 Å². The summed E-state index contributed by atoms with van der Waals surface area (Å²) in [6.45, 7) is -0.283. The fourth-order valence-corrected chi connectivity index (χ4v) is 2.29. The predicted molar refractivity (Wildman–Crippen MR) is 77.7 cm³/mol. The minimum absolute atomic E-state index is 0.134. The fraction of sp³-hybridized carbons (Fsp3) is 0.467. The minimum atomic E-state index is -2.83. The topological polar surface area (TPSA) is 61.4 Å². The molecule has 120 valence electrons. The van der Waals surface area contributed by atoms with E-state index < -0.39 is 30.8 Å². The summed E-state index contributed by atoms with van der Waals surface area (Å²) in [7, 11) is 3.31. The summed E-state index contributed by atoms with van der Waals surface area (Å²) in [6.07, 6.45) is -0.488. The third kappa shape index (κ3) is 4.00. The SMILES string of the molecule is CN(C)C(=O)c1cccc(CNC(=O)C2CC(F)(F)CN2)c1. The van der Waals surface area contributed by atoms with Crippen LogP contribution in [0, 0.1) is 0 Å². The molecule has 1 unspecified atom stereocenters. The maximum Gasteiger partial charge on any atom is 0.262 e. The molecule has 1 aromatic carbocycles. The van der Waals surface area contributed by atoms with Crippen LogP contribution < -0.4 is 10.6 Å². The van der Waals surface area contributed by atoms with Gasteiger partial charge in [0.25, 0.3) is 11.8 Å². The van der Waals surface area contributed by atoms with Crippen LogP contribution in [0.2, 0.25) is 0 Å². The first-order valence-electron chi connectivity index (χ1n) is 6.98. The molecule has 0 radical (unpaired) electrons. The lowest BCUT2D eigenvalue weighted by atomic mass is 10.1. The molecule has 0 spiro atoms. The van der Waals surface area contributed by atoms with E-state index in [1.54, 1.807) is 38.4 Å². The molecule has 7 heteroatoms. The summed E-state index contributed by atoms with van der Waals surface area (Å²) in [5.74, 6) is -3.42. The molecule has 1 aliphatic rings. The van der Waals surface area contributed by atoms with Crippen molar-refractivity contribution in [2.45, 2.75) is 24.9 Å². The van der Waals surface area contributed by atoms with E-state index in [1.165, 1.54) is 4.90 Å². The Hall–Kier alpha value is -2.02. The maximum absolute atomic E-state index is 13.1. The van der Waals surface area contributed by atoms with Crippen LogP contribution in [0.5, 0.6) is 0 Å². The number of benzene rings is 1. The molecular formula is C15H19F2N3O2. The van der Waals surface area contributed by atoms with Gasteiger partial charge < -0.3 is 10.2 Å². The zero-order chi connectivity index (χ0) is 16.3. The van der Waals surface area contributed by atoms with Gasteiger partial charge in [-0.25, -0.2) is 8.78 Å². The summed E-state index contributed by atoms with van der Waals surface area (Å²) >= 11 is 0. The molecule has 0 saturated carbocycles. The van der Waals surface area contributed by atoms with E-state index in [0.29, 0.717) is 5.56 Å². The molecule has 1 fully saturated rings. The van der Waals surface area contributed by atoms with Crippen molar-refractivity contribution in [3.63, 3.8) is 0 Å². The van der Waals surface area contributed by atoms with Gasteiger partial charge in [-0.15, -0.1) is 0 Å². The molecule has 2 rings (SSSR count). The number of hydrogen-bond acceptors (Lipinski definition) is 3. The smallest absolute Gasteiger partial charge is 0.262 e. The van der Waals surface area contributed by atoms with Crippen molar-refractivity contribution in [3.05, 3.63) is 35.4 Å². The van der Waals surface area contributed by atoms with Crippen LogP contribution in [-0.2, 0) is 11.3 Å². The zero-order valence-corrected chi connectivity index (χ0v) is 12.5. The molecule has 0 aromatic heterocycles. The number of halogens is 2. The second kappa shape index (κ2) is 6.39. The van der Waals surface area contributed by atoms with Crippen molar-refractivity contribution < 1.29 is 18.4 Å². The van der Waals surface area contributed by atoms with Crippen molar-refractivity contribution in [1.29, 1.82) is 0 Å². The summed E-state index contributed by atoms with van der Waals surface area (Å²) in [4.78, 5) is 25.2. The second-order valence-corrected chi connectivity index (χ2v) is 5.61. The second-order valence-electron chi connectivity index (χ2n) is 5.61. The normalized spacial score (nSPS) is 19.7.